The second-order valence-corrected chi connectivity index (χ2v) is 11.9. The highest BCUT2D eigenvalue weighted by Crippen LogP contribution is 2.26. The molecule has 2 aromatic carbocycles. The van der Waals surface area contributed by atoms with Crippen LogP contribution in [-0.4, -0.2) is 50.5 Å². The lowest BCUT2D eigenvalue weighted by Crippen LogP contribution is -2.51. The van der Waals surface area contributed by atoms with Gasteiger partial charge >= 0.3 is 0 Å². The minimum Gasteiger partial charge on any atom is -0.354 e. The Morgan fingerprint density at radius 1 is 1.03 bits per heavy atom. The van der Waals surface area contributed by atoms with E-state index in [2.05, 4.69) is 5.32 Å². The van der Waals surface area contributed by atoms with E-state index < -0.39 is 28.5 Å². The Balaban J connectivity index is 2.45. The van der Waals surface area contributed by atoms with Crippen LogP contribution in [0, 0.1) is 19.8 Å². The average molecular weight is 543 g/mol. The van der Waals surface area contributed by atoms with Gasteiger partial charge in [-0.25, -0.2) is 8.42 Å². The Bertz CT molecular complexity index is 1190. The highest BCUT2D eigenvalue weighted by atomic mass is 35.5. The van der Waals surface area contributed by atoms with Gasteiger partial charge < -0.3 is 10.2 Å². The van der Waals surface area contributed by atoms with E-state index in [1.807, 2.05) is 26.8 Å². The van der Waals surface area contributed by atoms with Gasteiger partial charge in [0.1, 0.15) is 12.6 Å². The van der Waals surface area contributed by atoms with Crippen molar-refractivity contribution in [3.8, 4) is 0 Å². The predicted molar refractivity (Wildman–Crippen MR) is 142 cm³/mol. The summed E-state index contributed by atoms with van der Waals surface area (Å²) >= 11 is 12.4. The average Bonchev–Trinajstić information content (AvgIpc) is 2.75. The summed E-state index contributed by atoms with van der Waals surface area (Å²) in [6.07, 6.45) is 1.06. The Labute approximate surface area is 218 Å². The van der Waals surface area contributed by atoms with E-state index in [1.54, 1.807) is 44.2 Å². The van der Waals surface area contributed by atoms with Crippen molar-refractivity contribution in [3.63, 3.8) is 0 Å². The highest BCUT2D eigenvalue weighted by molar-refractivity contribution is 7.92. The van der Waals surface area contributed by atoms with Gasteiger partial charge in [-0.2, -0.15) is 0 Å². The number of aryl methyl sites for hydroxylation is 2. The Morgan fingerprint density at radius 3 is 2.26 bits per heavy atom. The molecule has 2 aromatic rings. The summed E-state index contributed by atoms with van der Waals surface area (Å²) in [6, 6.07) is 9.42. The van der Waals surface area contributed by atoms with Crippen molar-refractivity contribution in [2.75, 3.05) is 23.7 Å². The van der Waals surface area contributed by atoms with Crippen molar-refractivity contribution < 1.29 is 18.0 Å². The third kappa shape index (κ3) is 8.12. The molecular formula is C25H33Cl2N3O4S. The van der Waals surface area contributed by atoms with Crippen LogP contribution in [0.25, 0.3) is 0 Å². The molecular weight excluding hydrogens is 509 g/mol. The van der Waals surface area contributed by atoms with Gasteiger partial charge in [-0.1, -0.05) is 55.2 Å². The molecule has 10 heteroatoms. The number of rotatable bonds is 10. The topological polar surface area (TPSA) is 86.8 Å². The van der Waals surface area contributed by atoms with E-state index in [0.717, 1.165) is 16.1 Å². The predicted octanol–water partition coefficient (Wildman–Crippen LogP) is 4.57. The van der Waals surface area contributed by atoms with E-state index in [1.165, 1.54) is 4.90 Å². The molecule has 1 N–H and O–H groups in total. The second kappa shape index (κ2) is 12.1. The molecule has 7 nitrogen and oxygen atoms in total. The van der Waals surface area contributed by atoms with E-state index in [9.17, 15) is 18.0 Å². The summed E-state index contributed by atoms with van der Waals surface area (Å²) in [4.78, 5) is 27.8. The first-order valence-corrected chi connectivity index (χ1v) is 13.9. The minimum absolute atomic E-state index is 0.00943. The Kier molecular flexibility index (Phi) is 10.0. The van der Waals surface area contributed by atoms with Crippen molar-refractivity contribution in [2.45, 2.75) is 47.2 Å². The van der Waals surface area contributed by atoms with Gasteiger partial charge in [0, 0.05) is 23.1 Å². The van der Waals surface area contributed by atoms with Crippen LogP contribution in [0.15, 0.2) is 36.4 Å². The fourth-order valence-electron chi connectivity index (χ4n) is 3.45. The molecule has 2 rings (SSSR count). The highest BCUT2D eigenvalue weighted by Gasteiger charge is 2.31. The molecule has 0 heterocycles. The minimum atomic E-state index is -3.80. The number of carbonyl (C=O) groups excluding carboxylic acids is 2. The van der Waals surface area contributed by atoms with E-state index in [4.69, 9.17) is 23.2 Å². The van der Waals surface area contributed by atoms with Gasteiger partial charge in [0.05, 0.1) is 11.9 Å². The van der Waals surface area contributed by atoms with Crippen molar-refractivity contribution in [2.24, 2.45) is 5.92 Å². The number of halogens is 2. The molecule has 0 spiro atoms. The zero-order chi connectivity index (χ0) is 26.5. The first-order chi connectivity index (χ1) is 16.2. The lowest BCUT2D eigenvalue weighted by molar-refractivity contribution is -0.139. The number of hydrogen-bond donors (Lipinski definition) is 1. The van der Waals surface area contributed by atoms with Crippen LogP contribution in [0.2, 0.25) is 10.0 Å². The van der Waals surface area contributed by atoms with Crippen LogP contribution in [0.1, 0.15) is 37.5 Å². The normalized spacial score (nSPS) is 12.4. The van der Waals surface area contributed by atoms with E-state index in [-0.39, 0.29) is 18.4 Å². The Morgan fingerprint density at radius 2 is 1.69 bits per heavy atom. The largest absolute Gasteiger partial charge is 0.354 e. The number of sulfonamides is 1. The summed E-state index contributed by atoms with van der Waals surface area (Å²) in [6.45, 7) is 9.17. The van der Waals surface area contributed by atoms with E-state index >= 15 is 0 Å². The van der Waals surface area contributed by atoms with Gasteiger partial charge in [-0.05, 0) is 61.6 Å². The van der Waals surface area contributed by atoms with Crippen molar-refractivity contribution in [3.05, 3.63) is 63.1 Å². The molecule has 0 aromatic heterocycles. The number of nitrogens with zero attached hydrogens (tertiary/aromatic N) is 2. The van der Waals surface area contributed by atoms with Crippen molar-refractivity contribution in [1.82, 2.24) is 10.2 Å². The molecule has 0 saturated heterocycles. The number of nitrogens with one attached hydrogen (secondary N) is 1. The molecule has 0 aliphatic carbocycles. The van der Waals surface area contributed by atoms with Crippen LogP contribution in [0.4, 0.5) is 5.69 Å². The summed E-state index contributed by atoms with van der Waals surface area (Å²) in [5, 5.41) is 3.63. The summed E-state index contributed by atoms with van der Waals surface area (Å²) in [5.74, 6) is -0.643. The molecule has 35 heavy (non-hydrogen) atoms. The monoisotopic (exact) mass is 541 g/mol. The van der Waals surface area contributed by atoms with Gasteiger partial charge in [-0.3, -0.25) is 13.9 Å². The maximum atomic E-state index is 13.6. The number of carbonyl (C=O) groups is 2. The maximum Gasteiger partial charge on any atom is 0.244 e. The van der Waals surface area contributed by atoms with Crippen LogP contribution >= 0.6 is 23.2 Å². The van der Waals surface area contributed by atoms with Crippen molar-refractivity contribution >= 4 is 50.7 Å². The molecule has 2 amide bonds. The number of anilines is 1. The summed E-state index contributed by atoms with van der Waals surface area (Å²) in [7, 11) is -3.80. The SMILES string of the molecule is Cc1ccc(C)c(N(CC(=O)N(Cc2ccc(Cl)cc2Cl)[C@H](C)C(=O)NCC(C)C)S(C)(=O)=O)c1. The zero-order valence-corrected chi connectivity index (χ0v) is 23.3. The molecule has 0 bridgehead atoms. The third-order valence-corrected chi connectivity index (χ3v) is 7.23. The maximum absolute atomic E-state index is 13.6. The summed E-state index contributed by atoms with van der Waals surface area (Å²) in [5.41, 5.74) is 2.58. The molecule has 0 unspecified atom stereocenters. The lowest BCUT2D eigenvalue weighted by atomic mass is 10.1. The third-order valence-electron chi connectivity index (χ3n) is 5.52. The van der Waals surface area contributed by atoms with Gasteiger partial charge in [0.15, 0.2) is 0 Å². The fourth-order valence-corrected chi connectivity index (χ4v) is 4.82. The second-order valence-electron chi connectivity index (χ2n) is 9.13. The molecule has 0 fully saturated rings. The van der Waals surface area contributed by atoms with Crippen LogP contribution in [0.5, 0.6) is 0 Å². The number of hydrogen-bond acceptors (Lipinski definition) is 4. The lowest BCUT2D eigenvalue weighted by Gasteiger charge is -2.32. The van der Waals surface area contributed by atoms with Crippen molar-refractivity contribution in [1.29, 1.82) is 0 Å². The summed E-state index contributed by atoms with van der Waals surface area (Å²) < 4.78 is 26.5. The van der Waals surface area contributed by atoms with Crippen LogP contribution in [0.3, 0.4) is 0 Å². The van der Waals surface area contributed by atoms with Crippen LogP contribution < -0.4 is 9.62 Å². The fraction of sp³-hybridized carbons (Fsp3) is 0.440. The first kappa shape index (κ1) is 28.9. The van der Waals surface area contributed by atoms with Gasteiger partial charge in [-0.15, -0.1) is 0 Å². The number of amides is 2. The quantitative estimate of drug-likeness (QED) is 0.477. The zero-order valence-electron chi connectivity index (χ0n) is 20.9. The molecule has 0 radical (unpaired) electrons. The molecule has 0 aliphatic rings. The molecule has 192 valence electrons. The molecule has 0 aliphatic heterocycles. The number of benzene rings is 2. The Hall–Kier alpha value is -2.29. The molecule has 0 saturated carbocycles. The van der Waals surface area contributed by atoms with Gasteiger partial charge in [0.2, 0.25) is 21.8 Å². The first-order valence-electron chi connectivity index (χ1n) is 11.3. The standard InChI is InChI=1S/C25H33Cl2N3O4S/c1-16(2)13-28-25(32)19(5)29(14-20-9-10-21(26)12-22(20)27)24(31)15-30(35(6,33)34)23-11-17(3)7-8-18(23)4/h7-12,16,19H,13-15H2,1-6H3,(H,28,32)/t19-/m1/s1. The van der Waals surface area contributed by atoms with Crippen LogP contribution in [-0.2, 0) is 26.2 Å². The van der Waals surface area contributed by atoms with Gasteiger partial charge in [0.25, 0.3) is 0 Å². The molecule has 1 atom stereocenters. The van der Waals surface area contributed by atoms with E-state index in [0.29, 0.717) is 33.4 Å². The smallest absolute Gasteiger partial charge is 0.244 e.